The van der Waals surface area contributed by atoms with Crippen molar-refractivity contribution < 1.29 is 9.90 Å². The summed E-state index contributed by atoms with van der Waals surface area (Å²) < 4.78 is 0. The van der Waals surface area contributed by atoms with Crippen molar-refractivity contribution in [1.82, 2.24) is 0 Å². The number of carbonyl (C=O) groups is 1. The molecule has 0 saturated heterocycles. The summed E-state index contributed by atoms with van der Waals surface area (Å²) in [7, 11) is 1.76. The molecule has 1 aromatic carbocycles. The van der Waals surface area contributed by atoms with Gasteiger partial charge in [0.2, 0.25) is 0 Å². The van der Waals surface area contributed by atoms with Crippen LogP contribution in [0.2, 0.25) is 0 Å². The molecule has 0 unspecified atom stereocenters. The zero-order valence-corrected chi connectivity index (χ0v) is 10.1. The fourth-order valence-corrected chi connectivity index (χ4v) is 1.73. The van der Waals surface area contributed by atoms with Gasteiger partial charge in [-0.15, -0.1) is 0 Å². The second kappa shape index (κ2) is 5.54. The first-order valence-corrected chi connectivity index (χ1v) is 5.59. The van der Waals surface area contributed by atoms with Crippen LogP contribution in [0.1, 0.15) is 36.2 Å². The van der Waals surface area contributed by atoms with Crippen LogP contribution in [0.15, 0.2) is 18.2 Å². The number of hydrogen-bond donors (Lipinski definition) is 2. The maximum absolute atomic E-state index is 11.0. The normalized spacial score (nSPS) is 10.5. The Morgan fingerprint density at radius 3 is 2.62 bits per heavy atom. The monoisotopic (exact) mass is 221 g/mol. The highest BCUT2D eigenvalue weighted by molar-refractivity contribution is 5.95. The minimum Gasteiger partial charge on any atom is -0.478 e. The molecule has 0 bridgehead atoms. The van der Waals surface area contributed by atoms with Crippen molar-refractivity contribution in [2.45, 2.75) is 26.7 Å². The number of aryl methyl sites for hydroxylation is 1. The van der Waals surface area contributed by atoms with Gasteiger partial charge < -0.3 is 10.4 Å². The first-order valence-electron chi connectivity index (χ1n) is 5.59. The third-order valence-electron chi connectivity index (χ3n) is 2.62. The lowest BCUT2D eigenvalue weighted by atomic mass is 9.99. The Morgan fingerprint density at radius 1 is 1.44 bits per heavy atom. The van der Waals surface area contributed by atoms with E-state index in [0.29, 0.717) is 11.5 Å². The summed E-state index contributed by atoms with van der Waals surface area (Å²) in [5.41, 5.74) is 2.18. The molecule has 3 nitrogen and oxygen atoms in total. The Hall–Kier alpha value is -1.51. The molecule has 0 aliphatic rings. The standard InChI is InChI=1S/C13H19NO2/c1-9(2)7-8-10-5-4-6-11(13(15)16)12(10)14-3/h4-6,9,14H,7-8H2,1-3H3,(H,15,16). The lowest BCUT2D eigenvalue weighted by molar-refractivity contribution is 0.0698. The van der Waals surface area contributed by atoms with Crippen molar-refractivity contribution in [3.63, 3.8) is 0 Å². The van der Waals surface area contributed by atoms with E-state index in [-0.39, 0.29) is 0 Å². The highest BCUT2D eigenvalue weighted by Gasteiger charge is 2.12. The molecule has 1 aromatic rings. The van der Waals surface area contributed by atoms with Gasteiger partial charge >= 0.3 is 5.97 Å². The largest absolute Gasteiger partial charge is 0.478 e. The van der Waals surface area contributed by atoms with E-state index in [1.54, 1.807) is 19.2 Å². The summed E-state index contributed by atoms with van der Waals surface area (Å²) in [4.78, 5) is 11.0. The van der Waals surface area contributed by atoms with Gasteiger partial charge in [0, 0.05) is 7.05 Å². The average Bonchev–Trinajstić information content (AvgIpc) is 2.25. The van der Waals surface area contributed by atoms with Gasteiger partial charge in [-0.25, -0.2) is 4.79 Å². The molecule has 0 aromatic heterocycles. The van der Waals surface area contributed by atoms with Crippen molar-refractivity contribution in [2.75, 3.05) is 12.4 Å². The fourth-order valence-electron chi connectivity index (χ4n) is 1.73. The number of aromatic carboxylic acids is 1. The minimum atomic E-state index is -0.879. The number of carboxylic acids is 1. The summed E-state index contributed by atoms with van der Waals surface area (Å²) in [6.07, 6.45) is 1.98. The van der Waals surface area contributed by atoms with Gasteiger partial charge in [-0.05, 0) is 30.4 Å². The zero-order chi connectivity index (χ0) is 12.1. The highest BCUT2D eigenvalue weighted by atomic mass is 16.4. The topological polar surface area (TPSA) is 49.3 Å². The van der Waals surface area contributed by atoms with Crippen LogP contribution in [0.25, 0.3) is 0 Å². The number of anilines is 1. The van der Waals surface area contributed by atoms with Crippen molar-refractivity contribution in [3.8, 4) is 0 Å². The molecule has 2 N–H and O–H groups in total. The van der Waals surface area contributed by atoms with Crippen LogP contribution in [-0.2, 0) is 6.42 Å². The summed E-state index contributed by atoms with van der Waals surface area (Å²) >= 11 is 0. The molecule has 0 atom stereocenters. The molecule has 0 fully saturated rings. The predicted molar refractivity (Wildman–Crippen MR) is 66.1 cm³/mol. The van der Waals surface area contributed by atoms with Crippen LogP contribution in [0.3, 0.4) is 0 Å². The number of hydrogen-bond acceptors (Lipinski definition) is 2. The van der Waals surface area contributed by atoms with Gasteiger partial charge in [0.25, 0.3) is 0 Å². The number of nitrogens with one attached hydrogen (secondary N) is 1. The van der Waals surface area contributed by atoms with Crippen molar-refractivity contribution in [2.24, 2.45) is 5.92 Å². The van der Waals surface area contributed by atoms with Crippen LogP contribution in [-0.4, -0.2) is 18.1 Å². The quantitative estimate of drug-likeness (QED) is 0.803. The van der Waals surface area contributed by atoms with Gasteiger partial charge in [-0.2, -0.15) is 0 Å². The van der Waals surface area contributed by atoms with Crippen LogP contribution in [0.5, 0.6) is 0 Å². The Morgan fingerprint density at radius 2 is 2.12 bits per heavy atom. The van der Waals surface area contributed by atoms with Crippen molar-refractivity contribution in [3.05, 3.63) is 29.3 Å². The second-order valence-electron chi connectivity index (χ2n) is 4.33. The van der Waals surface area contributed by atoms with Gasteiger partial charge in [0.15, 0.2) is 0 Å². The summed E-state index contributed by atoms with van der Waals surface area (Å²) in [5.74, 6) is -0.256. The Bertz CT molecular complexity index is 372. The second-order valence-corrected chi connectivity index (χ2v) is 4.33. The smallest absolute Gasteiger partial charge is 0.337 e. The maximum Gasteiger partial charge on any atom is 0.337 e. The van der Waals surface area contributed by atoms with E-state index in [4.69, 9.17) is 5.11 Å². The van der Waals surface area contributed by atoms with E-state index < -0.39 is 5.97 Å². The van der Waals surface area contributed by atoms with E-state index in [0.717, 1.165) is 24.1 Å². The van der Waals surface area contributed by atoms with E-state index >= 15 is 0 Å². The first kappa shape index (κ1) is 12.6. The summed E-state index contributed by atoms with van der Waals surface area (Å²) in [5, 5.41) is 12.0. The zero-order valence-electron chi connectivity index (χ0n) is 10.1. The number of rotatable bonds is 5. The average molecular weight is 221 g/mol. The molecule has 16 heavy (non-hydrogen) atoms. The molecule has 0 spiro atoms. The molecule has 0 radical (unpaired) electrons. The Labute approximate surface area is 96.5 Å². The molecule has 1 rings (SSSR count). The van der Waals surface area contributed by atoms with Crippen molar-refractivity contribution >= 4 is 11.7 Å². The number of para-hydroxylation sites is 1. The van der Waals surface area contributed by atoms with Gasteiger partial charge in [0.1, 0.15) is 0 Å². The molecule has 88 valence electrons. The van der Waals surface area contributed by atoms with E-state index in [1.165, 1.54) is 0 Å². The SMILES string of the molecule is CNc1c(CCC(C)C)cccc1C(=O)O. The number of carboxylic acid groups (broad SMARTS) is 1. The summed E-state index contributed by atoms with van der Waals surface area (Å²) in [6.45, 7) is 4.33. The molecule has 0 aliphatic heterocycles. The number of benzene rings is 1. The third kappa shape index (κ3) is 2.99. The van der Waals surface area contributed by atoms with Gasteiger partial charge in [-0.3, -0.25) is 0 Å². The summed E-state index contributed by atoms with van der Waals surface area (Å²) in [6, 6.07) is 5.42. The van der Waals surface area contributed by atoms with Gasteiger partial charge in [-0.1, -0.05) is 26.0 Å². The fraction of sp³-hybridized carbons (Fsp3) is 0.462. The minimum absolute atomic E-state index is 0.351. The first-order chi connectivity index (χ1) is 7.56. The lowest BCUT2D eigenvalue weighted by Gasteiger charge is -2.13. The van der Waals surface area contributed by atoms with Crippen molar-refractivity contribution in [1.29, 1.82) is 0 Å². The van der Waals surface area contributed by atoms with E-state index in [1.807, 2.05) is 6.07 Å². The van der Waals surface area contributed by atoms with Gasteiger partial charge in [0.05, 0.1) is 11.3 Å². The lowest BCUT2D eigenvalue weighted by Crippen LogP contribution is -2.06. The Balaban J connectivity index is 2.99. The van der Waals surface area contributed by atoms with E-state index in [2.05, 4.69) is 19.2 Å². The molecule has 0 saturated carbocycles. The van der Waals surface area contributed by atoms with Crippen LogP contribution in [0.4, 0.5) is 5.69 Å². The third-order valence-corrected chi connectivity index (χ3v) is 2.62. The molecular weight excluding hydrogens is 202 g/mol. The van der Waals surface area contributed by atoms with Crippen LogP contribution in [0, 0.1) is 5.92 Å². The molecular formula is C13H19NO2. The molecule has 0 heterocycles. The molecule has 3 heteroatoms. The Kier molecular flexibility index (Phi) is 4.35. The van der Waals surface area contributed by atoms with Crippen LogP contribution >= 0.6 is 0 Å². The predicted octanol–water partition coefficient (Wildman–Crippen LogP) is 3.02. The molecule has 0 aliphatic carbocycles. The maximum atomic E-state index is 11.0. The molecule has 0 amide bonds. The van der Waals surface area contributed by atoms with Crippen LogP contribution < -0.4 is 5.32 Å². The highest BCUT2D eigenvalue weighted by Crippen LogP contribution is 2.23. The van der Waals surface area contributed by atoms with E-state index in [9.17, 15) is 4.79 Å².